The highest BCUT2D eigenvalue weighted by atomic mass is 35.5. The number of carbonyl (C=O) groups is 2. The summed E-state index contributed by atoms with van der Waals surface area (Å²) >= 11 is 17.4. The van der Waals surface area contributed by atoms with Crippen LogP contribution in [-0.2, 0) is 14.8 Å². The highest BCUT2D eigenvalue weighted by molar-refractivity contribution is 7.92. The van der Waals surface area contributed by atoms with Crippen LogP contribution in [0, 0.1) is 0 Å². The van der Waals surface area contributed by atoms with E-state index in [0.29, 0.717) is 4.31 Å². The molecule has 0 spiro atoms. The summed E-state index contributed by atoms with van der Waals surface area (Å²) in [4.78, 5) is 22.1. The third-order valence-electron chi connectivity index (χ3n) is 3.23. The average molecular weight is 439 g/mol. The van der Waals surface area contributed by atoms with E-state index in [0.717, 1.165) is 18.2 Å². The molecule has 0 atom stereocenters. The quantitative estimate of drug-likeness (QED) is 0.712. The zero-order chi connectivity index (χ0) is 19.6. The van der Waals surface area contributed by atoms with E-state index >= 15 is 0 Å². The SMILES string of the molecule is O=C(O)CN(c1ccc(Cl)c(C(=O)O)c1)S(=O)(=O)c1ccc(Cl)c(Cl)c1. The molecule has 0 bridgehead atoms. The van der Waals surface area contributed by atoms with E-state index in [1.807, 2.05) is 0 Å². The summed E-state index contributed by atoms with van der Waals surface area (Å²) in [5, 5.41) is 18.2. The van der Waals surface area contributed by atoms with Crippen LogP contribution in [-0.4, -0.2) is 37.1 Å². The number of carboxylic acid groups (broad SMARTS) is 2. The Morgan fingerprint density at radius 2 is 1.54 bits per heavy atom. The van der Waals surface area contributed by atoms with Crippen molar-refractivity contribution in [3.8, 4) is 0 Å². The van der Waals surface area contributed by atoms with E-state index in [-0.39, 0.29) is 31.2 Å². The monoisotopic (exact) mass is 437 g/mol. The molecule has 0 saturated carbocycles. The predicted molar refractivity (Wildman–Crippen MR) is 97.0 cm³/mol. The van der Waals surface area contributed by atoms with Crippen LogP contribution in [0.25, 0.3) is 0 Å². The predicted octanol–water partition coefficient (Wildman–Crippen LogP) is 3.62. The summed E-state index contributed by atoms with van der Waals surface area (Å²) < 4.78 is 26.3. The number of rotatable bonds is 6. The van der Waals surface area contributed by atoms with Gasteiger partial charge >= 0.3 is 11.9 Å². The Labute approximate surface area is 163 Å². The van der Waals surface area contributed by atoms with Gasteiger partial charge in [-0.2, -0.15) is 0 Å². The lowest BCUT2D eigenvalue weighted by Gasteiger charge is -2.23. The fourth-order valence-electron chi connectivity index (χ4n) is 2.03. The van der Waals surface area contributed by atoms with Gasteiger partial charge in [0.2, 0.25) is 0 Å². The molecule has 2 aromatic rings. The highest BCUT2D eigenvalue weighted by Gasteiger charge is 2.28. The number of benzene rings is 2. The molecule has 0 fully saturated rings. The number of aromatic carboxylic acids is 1. The van der Waals surface area contributed by atoms with Gasteiger partial charge < -0.3 is 10.2 Å². The van der Waals surface area contributed by atoms with Crippen LogP contribution < -0.4 is 4.31 Å². The minimum atomic E-state index is -4.37. The Bertz CT molecular complexity index is 993. The minimum absolute atomic E-state index is 0.0367. The van der Waals surface area contributed by atoms with Crippen LogP contribution in [0.15, 0.2) is 41.3 Å². The number of hydrogen-bond acceptors (Lipinski definition) is 4. The number of sulfonamides is 1. The van der Waals surface area contributed by atoms with E-state index in [2.05, 4.69) is 0 Å². The Hall–Kier alpha value is -2.00. The Balaban J connectivity index is 2.64. The number of halogens is 3. The van der Waals surface area contributed by atoms with E-state index in [9.17, 15) is 18.0 Å². The standard InChI is InChI=1S/C15H10Cl3NO6S/c16-11-3-1-8(5-10(11)15(22)23)19(7-14(20)21)26(24,25)9-2-4-12(17)13(18)6-9/h1-6H,7H2,(H,20,21)(H,22,23). The first-order valence-corrected chi connectivity index (χ1v) is 9.34. The second-order valence-corrected chi connectivity index (χ2v) is 8.03. The first-order chi connectivity index (χ1) is 12.0. The zero-order valence-corrected chi connectivity index (χ0v) is 15.8. The van der Waals surface area contributed by atoms with Crippen LogP contribution in [0.4, 0.5) is 5.69 Å². The molecule has 0 aliphatic heterocycles. The lowest BCUT2D eigenvalue weighted by Crippen LogP contribution is -2.35. The second kappa shape index (κ2) is 7.71. The molecular formula is C15H10Cl3NO6S. The summed E-state index contributed by atoms with van der Waals surface area (Å²) in [5.74, 6) is -2.83. The maximum atomic E-state index is 12.9. The van der Waals surface area contributed by atoms with Crippen molar-refractivity contribution in [2.45, 2.75) is 4.90 Å². The summed E-state index contributed by atoms with van der Waals surface area (Å²) in [5.41, 5.74) is -0.552. The smallest absolute Gasteiger partial charge is 0.337 e. The van der Waals surface area contributed by atoms with Crippen LogP contribution >= 0.6 is 34.8 Å². The molecule has 0 aliphatic carbocycles. The summed E-state index contributed by atoms with van der Waals surface area (Å²) in [6.45, 7) is -0.941. The van der Waals surface area contributed by atoms with Crippen LogP contribution in [0.2, 0.25) is 15.1 Å². The van der Waals surface area contributed by atoms with Gasteiger partial charge in [0.15, 0.2) is 0 Å². The van der Waals surface area contributed by atoms with Crippen LogP contribution in [0.3, 0.4) is 0 Å². The maximum Gasteiger partial charge on any atom is 0.337 e. The topological polar surface area (TPSA) is 112 Å². The van der Waals surface area contributed by atoms with Crippen molar-refractivity contribution in [3.63, 3.8) is 0 Å². The van der Waals surface area contributed by atoms with Crippen molar-refractivity contribution in [2.75, 3.05) is 10.8 Å². The lowest BCUT2D eigenvalue weighted by molar-refractivity contribution is -0.135. The first kappa shape index (κ1) is 20.3. The van der Waals surface area contributed by atoms with Crippen molar-refractivity contribution >= 4 is 62.5 Å². The minimum Gasteiger partial charge on any atom is -0.480 e. The van der Waals surface area contributed by atoms with Crippen molar-refractivity contribution in [1.29, 1.82) is 0 Å². The largest absolute Gasteiger partial charge is 0.480 e. The maximum absolute atomic E-state index is 12.9. The van der Waals surface area contributed by atoms with Crippen LogP contribution in [0.1, 0.15) is 10.4 Å². The van der Waals surface area contributed by atoms with Gasteiger partial charge in [-0.3, -0.25) is 9.10 Å². The fourth-order valence-corrected chi connectivity index (χ4v) is 4.03. The zero-order valence-electron chi connectivity index (χ0n) is 12.7. The first-order valence-electron chi connectivity index (χ1n) is 6.76. The van der Waals surface area contributed by atoms with E-state index in [4.69, 9.17) is 45.0 Å². The van der Waals surface area contributed by atoms with E-state index < -0.39 is 28.5 Å². The van der Waals surface area contributed by atoms with Gasteiger partial charge in [0.25, 0.3) is 10.0 Å². The molecule has 2 N–H and O–H groups in total. The summed E-state index contributed by atoms with van der Waals surface area (Å²) in [7, 11) is -4.37. The van der Waals surface area contributed by atoms with E-state index in [1.54, 1.807) is 0 Å². The Kier molecular flexibility index (Phi) is 6.02. The Morgan fingerprint density at radius 3 is 2.08 bits per heavy atom. The number of carboxylic acids is 2. The highest BCUT2D eigenvalue weighted by Crippen LogP contribution is 2.30. The summed E-state index contributed by atoms with van der Waals surface area (Å²) in [6, 6.07) is 6.82. The molecule has 2 aromatic carbocycles. The summed E-state index contributed by atoms with van der Waals surface area (Å²) in [6.07, 6.45) is 0. The average Bonchev–Trinajstić information content (AvgIpc) is 2.55. The van der Waals surface area contributed by atoms with Gasteiger partial charge in [0, 0.05) is 0 Å². The van der Waals surface area contributed by atoms with Gasteiger partial charge in [-0.05, 0) is 36.4 Å². The van der Waals surface area contributed by atoms with Crippen molar-refractivity contribution in [1.82, 2.24) is 0 Å². The molecule has 0 unspecified atom stereocenters. The fraction of sp³-hybridized carbons (Fsp3) is 0.0667. The number of anilines is 1. The molecule has 7 nitrogen and oxygen atoms in total. The third kappa shape index (κ3) is 4.21. The molecule has 0 amide bonds. The van der Waals surface area contributed by atoms with Gasteiger partial charge in [-0.15, -0.1) is 0 Å². The van der Waals surface area contributed by atoms with Gasteiger partial charge in [0.05, 0.1) is 31.2 Å². The molecule has 26 heavy (non-hydrogen) atoms. The molecule has 2 rings (SSSR count). The lowest BCUT2D eigenvalue weighted by atomic mass is 10.2. The third-order valence-corrected chi connectivity index (χ3v) is 6.06. The molecule has 0 aliphatic rings. The molecule has 0 heterocycles. The molecule has 138 valence electrons. The van der Waals surface area contributed by atoms with Crippen molar-refractivity contribution in [2.24, 2.45) is 0 Å². The van der Waals surface area contributed by atoms with Gasteiger partial charge in [-0.1, -0.05) is 34.8 Å². The number of aliphatic carboxylic acids is 1. The van der Waals surface area contributed by atoms with Crippen molar-refractivity contribution < 1.29 is 28.2 Å². The molecule has 11 heteroatoms. The molecule has 0 saturated heterocycles. The Morgan fingerprint density at radius 1 is 0.923 bits per heavy atom. The van der Waals surface area contributed by atoms with Gasteiger partial charge in [0.1, 0.15) is 6.54 Å². The molecular weight excluding hydrogens is 429 g/mol. The van der Waals surface area contributed by atoms with Crippen LogP contribution in [0.5, 0.6) is 0 Å². The molecule has 0 aromatic heterocycles. The number of hydrogen-bond donors (Lipinski definition) is 2. The second-order valence-electron chi connectivity index (χ2n) is 4.95. The van der Waals surface area contributed by atoms with Crippen molar-refractivity contribution in [3.05, 3.63) is 57.0 Å². The van der Waals surface area contributed by atoms with Gasteiger partial charge in [-0.25, -0.2) is 13.2 Å². The number of nitrogens with zero attached hydrogens (tertiary/aromatic N) is 1. The normalized spacial score (nSPS) is 11.2. The van der Waals surface area contributed by atoms with E-state index in [1.165, 1.54) is 18.2 Å². The molecule has 0 radical (unpaired) electrons.